The second-order valence-corrected chi connectivity index (χ2v) is 4.40. The van der Waals surface area contributed by atoms with Crippen molar-refractivity contribution >= 4 is 17.6 Å². The van der Waals surface area contributed by atoms with Gasteiger partial charge in [0.05, 0.1) is 11.3 Å². The number of halogens is 2. The maximum atomic E-state index is 13.8. The Balaban J connectivity index is 2.50. The molecule has 0 aliphatic carbocycles. The molecule has 5 nitrogen and oxygen atoms in total. The van der Waals surface area contributed by atoms with Gasteiger partial charge < -0.3 is 15.7 Å². The Hall–Kier alpha value is -2.02. The minimum absolute atomic E-state index is 0.131. The van der Waals surface area contributed by atoms with Crippen molar-refractivity contribution in [2.24, 2.45) is 11.7 Å². The fourth-order valence-electron chi connectivity index (χ4n) is 2.16. The summed E-state index contributed by atoms with van der Waals surface area (Å²) in [7, 11) is 0. The number of anilines is 1. The number of carbonyl (C=O) groups is 2. The summed E-state index contributed by atoms with van der Waals surface area (Å²) in [4.78, 5) is 23.8. The van der Waals surface area contributed by atoms with Crippen molar-refractivity contribution < 1.29 is 23.5 Å². The molecule has 0 spiro atoms. The number of carboxylic acids is 1. The SMILES string of the molecule is NCC1CC(=O)N(c2c(F)cc(F)cc2C(=O)O)C1. The summed E-state index contributed by atoms with van der Waals surface area (Å²) in [6.07, 6.45) is 0.131. The van der Waals surface area contributed by atoms with Crippen molar-refractivity contribution in [2.75, 3.05) is 18.0 Å². The summed E-state index contributed by atoms with van der Waals surface area (Å²) in [6.45, 7) is 0.381. The van der Waals surface area contributed by atoms with Gasteiger partial charge in [-0.05, 0) is 18.5 Å². The van der Waals surface area contributed by atoms with Crippen molar-refractivity contribution in [1.29, 1.82) is 0 Å². The number of nitrogens with zero attached hydrogens (tertiary/aromatic N) is 1. The van der Waals surface area contributed by atoms with Crippen molar-refractivity contribution in [3.8, 4) is 0 Å². The Labute approximate surface area is 107 Å². The number of rotatable bonds is 3. The highest BCUT2D eigenvalue weighted by molar-refractivity contribution is 6.03. The minimum Gasteiger partial charge on any atom is -0.478 e. The lowest BCUT2D eigenvalue weighted by atomic mass is 10.1. The van der Waals surface area contributed by atoms with Crippen molar-refractivity contribution in [1.82, 2.24) is 0 Å². The summed E-state index contributed by atoms with van der Waals surface area (Å²) >= 11 is 0. The standard InChI is InChI=1S/C12H12F2N2O3/c13-7-2-8(12(18)19)11(9(14)3-7)16-5-6(4-15)1-10(16)17/h2-3,6H,1,4-5,15H2,(H,18,19). The highest BCUT2D eigenvalue weighted by Gasteiger charge is 2.34. The first-order valence-electron chi connectivity index (χ1n) is 5.66. The zero-order valence-electron chi connectivity index (χ0n) is 9.90. The Bertz CT molecular complexity index is 548. The van der Waals surface area contributed by atoms with E-state index in [0.29, 0.717) is 12.1 Å². The monoisotopic (exact) mass is 270 g/mol. The Kier molecular flexibility index (Phi) is 3.48. The van der Waals surface area contributed by atoms with Crippen LogP contribution in [0.4, 0.5) is 14.5 Å². The number of amides is 1. The number of carbonyl (C=O) groups excluding carboxylic acids is 1. The van der Waals surface area contributed by atoms with Gasteiger partial charge in [-0.25, -0.2) is 13.6 Å². The average molecular weight is 270 g/mol. The summed E-state index contributed by atoms with van der Waals surface area (Å²) in [6, 6.07) is 1.26. The van der Waals surface area contributed by atoms with E-state index in [9.17, 15) is 18.4 Å². The molecule has 1 aliphatic heterocycles. The van der Waals surface area contributed by atoms with Crippen LogP contribution in [0.3, 0.4) is 0 Å². The predicted molar refractivity (Wildman–Crippen MR) is 62.8 cm³/mol. The number of aromatic carboxylic acids is 1. The number of benzene rings is 1. The molecule has 0 radical (unpaired) electrons. The third-order valence-corrected chi connectivity index (χ3v) is 3.07. The molecule has 1 fully saturated rings. The van der Waals surface area contributed by atoms with E-state index in [1.807, 2.05) is 0 Å². The van der Waals surface area contributed by atoms with E-state index in [0.717, 1.165) is 4.90 Å². The topological polar surface area (TPSA) is 83.6 Å². The molecule has 19 heavy (non-hydrogen) atoms. The number of hydrogen-bond acceptors (Lipinski definition) is 3. The van der Waals surface area contributed by atoms with Gasteiger partial charge in [-0.3, -0.25) is 4.79 Å². The fourth-order valence-corrected chi connectivity index (χ4v) is 2.16. The van der Waals surface area contributed by atoms with E-state index in [1.165, 1.54) is 0 Å². The molecular formula is C12H12F2N2O3. The van der Waals surface area contributed by atoms with Crippen molar-refractivity contribution in [3.63, 3.8) is 0 Å². The average Bonchev–Trinajstić information content (AvgIpc) is 2.69. The zero-order chi connectivity index (χ0) is 14.2. The van der Waals surface area contributed by atoms with Crippen LogP contribution in [-0.4, -0.2) is 30.1 Å². The lowest BCUT2D eigenvalue weighted by Crippen LogP contribution is -2.28. The molecule has 0 saturated carbocycles. The Morgan fingerprint density at radius 1 is 1.47 bits per heavy atom. The molecule has 1 atom stereocenters. The molecule has 102 valence electrons. The molecule has 2 rings (SSSR count). The van der Waals surface area contributed by atoms with Gasteiger partial charge in [0, 0.05) is 19.0 Å². The van der Waals surface area contributed by atoms with E-state index in [2.05, 4.69) is 0 Å². The van der Waals surface area contributed by atoms with Crippen LogP contribution in [-0.2, 0) is 4.79 Å². The van der Waals surface area contributed by atoms with Gasteiger partial charge in [0.1, 0.15) is 5.82 Å². The maximum absolute atomic E-state index is 13.8. The van der Waals surface area contributed by atoms with E-state index >= 15 is 0 Å². The van der Waals surface area contributed by atoms with E-state index < -0.39 is 34.8 Å². The van der Waals surface area contributed by atoms with Gasteiger partial charge in [-0.1, -0.05) is 0 Å². The number of nitrogens with two attached hydrogens (primary N) is 1. The second-order valence-electron chi connectivity index (χ2n) is 4.40. The van der Waals surface area contributed by atoms with Crippen LogP contribution in [0, 0.1) is 17.6 Å². The fraction of sp³-hybridized carbons (Fsp3) is 0.333. The van der Waals surface area contributed by atoms with E-state index in [4.69, 9.17) is 10.8 Å². The highest BCUT2D eigenvalue weighted by Crippen LogP contribution is 2.31. The maximum Gasteiger partial charge on any atom is 0.338 e. The summed E-state index contributed by atoms with van der Waals surface area (Å²) in [5.74, 6) is -4.12. The van der Waals surface area contributed by atoms with Crippen molar-refractivity contribution in [3.05, 3.63) is 29.3 Å². The molecule has 1 heterocycles. The quantitative estimate of drug-likeness (QED) is 0.857. The molecular weight excluding hydrogens is 258 g/mol. The lowest BCUT2D eigenvalue weighted by molar-refractivity contribution is -0.117. The molecule has 0 bridgehead atoms. The second kappa shape index (κ2) is 4.93. The van der Waals surface area contributed by atoms with Gasteiger partial charge in [0.25, 0.3) is 0 Å². The molecule has 1 amide bonds. The third kappa shape index (κ3) is 2.41. The minimum atomic E-state index is -1.49. The molecule has 3 N–H and O–H groups in total. The first-order valence-corrected chi connectivity index (χ1v) is 5.66. The van der Waals surface area contributed by atoms with Gasteiger partial charge in [0.15, 0.2) is 5.82 Å². The van der Waals surface area contributed by atoms with Crippen LogP contribution < -0.4 is 10.6 Å². The highest BCUT2D eigenvalue weighted by atomic mass is 19.1. The first-order chi connectivity index (χ1) is 8.93. The van der Waals surface area contributed by atoms with Crippen LogP contribution in [0.2, 0.25) is 0 Å². The smallest absolute Gasteiger partial charge is 0.338 e. The number of hydrogen-bond donors (Lipinski definition) is 2. The van der Waals surface area contributed by atoms with Gasteiger partial charge in [-0.15, -0.1) is 0 Å². The van der Waals surface area contributed by atoms with E-state index in [1.54, 1.807) is 0 Å². The molecule has 1 aliphatic rings. The Morgan fingerprint density at radius 3 is 2.68 bits per heavy atom. The molecule has 1 unspecified atom stereocenters. The first kappa shape index (κ1) is 13.4. The van der Waals surface area contributed by atoms with Crippen molar-refractivity contribution in [2.45, 2.75) is 6.42 Å². The van der Waals surface area contributed by atoms with Crippen LogP contribution >= 0.6 is 0 Å². The lowest BCUT2D eigenvalue weighted by Gasteiger charge is -2.19. The van der Waals surface area contributed by atoms with E-state index in [-0.39, 0.29) is 25.4 Å². The predicted octanol–water partition coefficient (Wildman–Crippen LogP) is 0.975. The van der Waals surface area contributed by atoms with Gasteiger partial charge in [-0.2, -0.15) is 0 Å². The normalized spacial score (nSPS) is 19.0. The van der Waals surface area contributed by atoms with Crippen LogP contribution in [0.15, 0.2) is 12.1 Å². The molecule has 0 aromatic heterocycles. The van der Waals surface area contributed by atoms with Crippen LogP contribution in [0.1, 0.15) is 16.8 Å². The van der Waals surface area contributed by atoms with Gasteiger partial charge in [0.2, 0.25) is 5.91 Å². The van der Waals surface area contributed by atoms with Gasteiger partial charge >= 0.3 is 5.97 Å². The summed E-state index contributed by atoms with van der Waals surface area (Å²) in [5.41, 5.74) is 4.49. The van der Waals surface area contributed by atoms with Crippen LogP contribution in [0.5, 0.6) is 0 Å². The van der Waals surface area contributed by atoms with Crippen LogP contribution in [0.25, 0.3) is 0 Å². The Morgan fingerprint density at radius 2 is 2.16 bits per heavy atom. The molecule has 1 aromatic carbocycles. The molecule has 1 aromatic rings. The molecule has 1 saturated heterocycles. The summed E-state index contributed by atoms with van der Waals surface area (Å²) in [5, 5.41) is 8.99. The summed E-state index contributed by atoms with van der Waals surface area (Å²) < 4.78 is 26.9. The largest absolute Gasteiger partial charge is 0.478 e. The molecule has 7 heteroatoms. The number of carboxylic acid groups (broad SMARTS) is 1. The zero-order valence-corrected chi connectivity index (χ0v) is 9.90. The third-order valence-electron chi connectivity index (χ3n) is 3.07.